The number of hydrogen-bond acceptors (Lipinski definition) is 6. The van der Waals surface area contributed by atoms with Gasteiger partial charge >= 0.3 is 17.9 Å². The molecule has 0 fully saturated rings. The van der Waals surface area contributed by atoms with Crippen molar-refractivity contribution in [1.29, 1.82) is 0 Å². The Labute approximate surface area is 351 Å². The van der Waals surface area contributed by atoms with Crippen molar-refractivity contribution >= 4 is 17.9 Å². The van der Waals surface area contributed by atoms with Crippen molar-refractivity contribution in [2.24, 2.45) is 0 Å². The zero-order chi connectivity index (χ0) is 42.1. The number of ether oxygens (including phenoxy) is 3. The first kappa shape index (κ1) is 54.6. The van der Waals surface area contributed by atoms with E-state index in [1.165, 1.54) is 116 Å². The van der Waals surface area contributed by atoms with E-state index < -0.39 is 18.1 Å². The zero-order valence-electron chi connectivity index (χ0n) is 37.8. The Balaban J connectivity index is 4.28. The van der Waals surface area contributed by atoms with Crippen LogP contribution < -0.4 is 0 Å². The van der Waals surface area contributed by atoms with Gasteiger partial charge < -0.3 is 23.8 Å². The van der Waals surface area contributed by atoms with Gasteiger partial charge in [-0.05, 0) is 64.2 Å². The molecule has 0 aromatic carbocycles. The van der Waals surface area contributed by atoms with Crippen LogP contribution in [0.5, 0.6) is 0 Å². The molecule has 2 atom stereocenters. The topological polar surface area (TPSA) is 99.1 Å². The van der Waals surface area contributed by atoms with Crippen LogP contribution in [0.3, 0.4) is 0 Å². The van der Waals surface area contributed by atoms with Crippen LogP contribution in [0.15, 0.2) is 36.5 Å². The SMILES string of the molecule is CC/C=C/C/C=C/CCCCCCCCCC(=O)OC(COCCC(C(=O)O)[N+](C)(C)C)COC(=O)CCCCCCCCC/C=C/CCCCCCCCCC. The smallest absolute Gasteiger partial charge is 0.362 e. The summed E-state index contributed by atoms with van der Waals surface area (Å²) in [7, 11) is 5.53. The Kier molecular flexibility index (Phi) is 38.6. The van der Waals surface area contributed by atoms with Crippen molar-refractivity contribution in [3.05, 3.63) is 36.5 Å². The second-order valence-corrected chi connectivity index (χ2v) is 17.0. The molecule has 0 spiro atoms. The van der Waals surface area contributed by atoms with Gasteiger partial charge in [0.1, 0.15) is 6.61 Å². The maximum absolute atomic E-state index is 12.7. The van der Waals surface area contributed by atoms with Crippen molar-refractivity contribution in [3.63, 3.8) is 0 Å². The van der Waals surface area contributed by atoms with Gasteiger partial charge in [0, 0.05) is 19.3 Å². The molecule has 2 unspecified atom stereocenters. The number of rotatable bonds is 42. The highest BCUT2D eigenvalue weighted by Crippen LogP contribution is 2.15. The van der Waals surface area contributed by atoms with Crippen molar-refractivity contribution in [3.8, 4) is 0 Å². The Hall–Kier alpha value is -2.45. The van der Waals surface area contributed by atoms with E-state index in [2.05, 4.69) is 50.3 Å². The van der Waals surface area contributed by atoms with E-state index in [1.807, 2.05) is 21.1 Å². The number of carbonyl (C=O) groups excluding carboxylic acids is 2. The zero-order valence-corrected chi connectivity index (χ0v) is 37.8. The summed E-state index contributed by atoms with van der Waals surface area (Å²) in [4.78, 5) is 37.0. The van der Waals surface area contributed by atoms with Gasteiger partial charge in [-0.3, -0.25) is 9.59 Å². The largest absolute Gasteiger partial charge is 0.477 e. The van der Waals surface area contributed by atoms with Crippen LogP contribution in [0.2, 0.25) is 0 Å². The average Bonchev–Trinajstić information content (AvgIpc) is 3.17. The Bertz CT molecular complexity index is 1030. The molecule has 57 heavy (non-hydrogen) atoms. The molecule has 0 aliphatic carbocycles. The number of esters is 2. The minimum absolute atomic E-state index is 0.0551. The molecule has 0 heterocycles. The molecule has 332 valence electrons. The van der Waals surface area contributed by atoms with Crippen LogP contribution in [0.25, 0.3) is 0 Å². The summed E-state index contributed by atoms with van der Waals surface area (Å²) in [6.07, 6.45) is 46.2. The highest BCUT2D eigenvalue weighted by molar-refractivity contribution is 5.72. The molecule has 0 aliphatic rings. The summed E-state index contributed by atoms with van der Waals surface area (Å²) < 4.78 is 17.3. The monoisotopic (exact) mass is 805 g/mol. The van der Waals surface area contributed by atoms with Crippen LogP contribution in [0.1, 0.15) is 206 Å². The van der Waals surface area contributed by atoms with Crippen LogP contribution in [0, 0.1) is 0 Å². The van der Waals surface area contributed by atoms with Crippen LogP contribution in [0.4, 0.5) is 0 Å². The molecule has 0 aliphatic heterocycles. The predicted octanol–water partition coefficient (Wildman–Crippen LogP) is 13.0. The fourth-order valence-electron chi connectivity index (χ4n) is 6.89. The quantitative estimate of drug-likeness (QED) is 0.0284. The number of quaternary nitrogens is 1. The lowest BCUT2D eigenvalue weighted by Gasteiger charge is -2.31. The molecule has 0 aromatic heterocycles. The Morgan fingerprint density at radius 3 is 1.46 bits per heavy atom. The number of carboxylic acid groups (broad SMARTS) is 1. The molecule has 0 bridgehead atoms. The molecular formula is C49H90NO7+. The van der Waals surface area contributed by atoms with Gasteiger partial charge in [0.2, 0.25) is 0 Å². The molecule has 0 saturated heterocycles. The summed E-state index contributed by atoms with van der Waals surface area (Å²) in [5.74, 6) is -1.48. The lowest BCUT2D eigenvalue weighted by atomic mass is 10.1. The van der Waals surface area contributed by atoms with Crippen LogP contribution >= 0.6 is 0 Å². The number of nitrogens with zero attached hydrogens (tertiary/aromatic N) is 1. The molecule has 0 aromatic rings. The molecule has 0 radical (unpaired) electrons. The third kappa shape index (κ3) is 38.8. The molecule has 0 saturated carbocycles. The number of carboxylic acids is 1. The van der Waals surface area contributed by atoms with Crippen LogP contribution in [-0.2, 0) is 28.6 Å². The lowest BCUT2D eigenvalue weighted by molar-refractivity contribution is -0.887. The highest BCUT2D eigenvalue weighted by atomic mass is 16.6. The minimum atomic E-state index is -0.876. The summed E-state index contributed by atoms with van der Waals surface area (Å²) in [6, 6.07) is -0.616. The van der Waals surface area contributed by atoms with Gasteiger partial charge in [0.25, 0.3) is 0 Å². The van der Waals surface area contributed by atoms with Crippen molar-refractivity contribution in [1.82, 2.24) is 0 Å². The molecule has 8 nitrogen and oxygen atoms in total. The highest BCUT2D eigenvalue weighted by Gasteiger charge is 2.31. The van der Waals surface area contributed by atoms with Gasteiger partial charge in [-0.2, -0.15) is 0 Å². The van der Waals surface area contributed by atoms with Gasteiger partial charge in [-0.1, -0.05) is 159 Å². The summed E-state index contributed by atoms with van der Waals surface area (Å²) in [6.45, 7) is 4.63. The second kappa shape index (κ2) is 40.3. The van der Waals surface area contributed by atoms with Crippen molar-refractivity contribution in [2.45, 2.75) is 219 Å². The maximum Gasteiger partial charge on any atom is 0.362 e. The lowest BCUT2D eigenvalue weighted by Crippen LogP contribution is -2.50. The number of aliphatic carboxylic acids is 1. The van der Waals surface area contributed by atoms with E-state index in [4.69, 9.17) is 14.2 Å². The number of unbranched alkanes of at least 4 members (excludes halogenated alkanes) is 22. The number of allylic oxidation sites excluding steroid dienone is 6. The van der Waals surface area contributed by atoms with E-state index in [1.54, 1.807) is 0 Å². The van der Waals surface area contributed by atoms with E-state index in [-0.39, 0.29) is 36.2 Å². The molecule has 0 amide bonds. The third-order valence-electron chi connectivity index (χ3n) is 10.5. The summed E-state index contributed by atoms with van der Waals surface area (Å²) >= 11 is 0. The molecule has 1 N–H and O–H groups in total. The van der Waals surface area contributed by atoms with E-state index in [0.29, 0.717) is 19.3 Å². The fourth-order valence-corrected chi connectivity index (χ4v) is 6.89. The third-order valence-corrected chi connectivity index (χ3v) is 10.5. The first-order valence-electron chi connectivity index (χ1n) is 23.5. The van der Waals surface area contributed by atoms with Gasteiger partial charge in [0.05, 0.1) is 34.4 Å². The normalized spacial score (nSPS) is 13.2. The second-order valence-electron chi connectivity index (χ2n) is 17.0. The average molecular weight is 805 g/mol. The minimum Gasteiger partial charge on any atom is -0.477 e. The molecule has 8 heteroatoms. The van der Waals surface area contributed by atoms with Crippen molar-refractivity contribution < 1.29 is 38.2 Å². The predicted molar refractivity (Wildman–Crippen MR) is 238 cm³/mol. The van der Waals surface area contributed by atoms with Gasteiger partial charge in [0.15, 0.2) is 12.1 Å². The molecule has 0 rings (SSSR count). The van der Waals surface area contributed by atoms with E-state index in [9.17, 15) is 19.5 Å². The van der Waals surface area contributed by atoms with Gasteiger partial charge in [-0.25, -0.2) is 4.79 Å². The Morgan fingerprint density at radius 1 is 0.544 bits per heavy atom. The van der Waals surface area contributed by atoms with Crippen LogP contribution in [-0.4, -0.2) is 80.6 Å². The number of likely N-dealkylation sites (N-methyl/N-ethyl adjacent to an activating group) is 1. The molecular weight excluding hydrogens is 715 g/mol. The standard InChI is InChI=1S/C49H89NO7/c1-6-8-10-12-14-16-18-20-22-23-24-25-26-28-29-31-33-35-37-39-47(51)56-44-45(43-55-42-41-46(49(53)54)50(3,4)5)57-48(52)40-38-36-34-32-30-27-21-19-17-15-13-11-9-7-2/h9,11,15,17,23-24,45-46H,6-8,10,12-14,16,18-22,25-44H2,1-5H3/p+1/b11-9+,17-15+,24-23+. The van der Waals surface area contributed by atoms with E-state index >= 15 is 0 Å². The Morgan fingerprint density at radius 2 is 0.982 bits per heavy atom. The number of hydrogen-bond donors (Lipinski definition) is 1. The van der Waals surface area contributed by atoms with Crippen molar-refractivity contribution in [2.75, 3.05) is 41.0 Å². The fraction of sp³-hybridized carbons (Fsp3) is 0.816. The van der Waals surface area contributed by atoms with E-state index in [0.717, 1.165) is 57.8 Å². The van der Waals surface area contributed by atoms with Gasteiger partial charge in [-0.15, -0.1) is 0 Å². The number of carbonyl (C=O) groups is 3. The summed E-state index contributed by atoms with van der Waals surface area (Å²) in [5, 5.41) is 9.63. The first-order valence-corrected chi connectivity index (χ1v) is 23.5. The summed E-state index contributed by atoms with van der Waals surface area (Å²) in [5.41, 5.74) is 0. The first-order chi connectivity index (χ1) is 27.6. The maximum atomic E-state index is 12.7.